The molecule has 0 bridgehead atoms. The van der Waals surface area contributed by atoms with Crippen molar-refractivity contribution in [3.05, 3.63) is 18.6 Å². The first-order valence-corrected chi connectivity index (χ1v) is 7.97. The molecule has 2 aliphatic rings. The third-order valence-electron chi connectivity index (χ3n) is 4.35. The second-order valence-electron chi connectivity index (χ2n) is 7.50. The predicted molar refractivity (Wildman–Crippen MR) is 85.2 cm³/mol. The molecule has 0 aromatic heterocycles. The first-order valence-electron chi connectivity index (χ1n) is 7.97. The Bertz CT molecular complexity index is 509. The highest BCUT2D eigenvalue weighted by Crippen LogP contribution is 2.45. The highest BCUT2D eigenvalue weighted by Gasteiger charge is 2.36. The SMILES string of the molecule is CC1(C)C[CH]CC(C)(CNC(=O)OCCN2C(=O)C=CC2=O)C1. The summed E-state index contributed by atoms with van der Waals surface area (Å²) in [6.07, 6.45) is 7.31. The fourth-order valence-corrected chi connectivity index (χ4v) is 3.46. The Kier molecular flexibility index (Phi) is 5.12. The van der Waals surface area contributed by atoms with Crippen LogP contribution in [0.25, 0.3) is 0 Å². The average Bonchev–Trinajstić information content (AvgIpc) is 2.76. The van der Waals surface area contributed by atoms with Crippen molar-refractivity contribution in [3.63, 3.8) is 0 Å². The van der Waals surface area contributed by atoms with E-state index in [0.717, 1.165) is 24.2 Å². The first-order chi connectivity index (χ1) is 10.7. The topological polar surface area (TPSA) is 75.7 Å². The van der Waals surface area contributed by atoms with Gasteiger partial charge in [0.2, 0.25) is 0 Å². The molecule has 1 aliphatic heterocycles. The van der Waals surface area contributed by atoms with Crippen LogP contribution in [0, 0.1) is 17.3 Å². The van der Waals surface area contributed by atoms with Crippen molar-refractivity contribution in [2.45, 2.75) is 40.0 Å². The number of nitrogens with one attached hydrogen (secondary N) is 1. The van der Waals surface area contributed by atoms with E-state index in [1.54, 1.807) is 0 Å². The van der Waals surface area contributed by atoms with Gasteiger partial charge in [0.25, 0.3) is 11.8 Å². The number of hydrogen-bond acceptors (Lipinski definition) is 4. The lowest BCUT2D eigenvalue weighted by Gasteiger charge is -2.42. The zero-order valence-electron chi connectivity index (χ0n) is 14.1. The number of nitrogens with zero attached hydrogens (tertiary/aromatic N) is 1. The maximum atomic E-state index is 11.8. The van der Waals surface area contributed by atoms with Gasteiger partial charge in [-0.2, -0.15) is 0 Å². The van der Waals surface area contributed by atoms with Crippen LogP contribution in [0.2, 0.25) is 0 Å². The van der Waals surface area contributed by atoms with Crippen LogP contribution in [-0.2, 0) is 14.3 Å². The minimum Gasteiger partial charge on any atom is -0.448 e. The Morgan fingerprint density at radius 1 is 1.22 bits per heavy atom. The molecule has 1 fully saturated rings. The van der Waals surface area contributed by atoms with Crippen molar-refractivity contribution < 1.29 is 19.1 Å². The van der Waals surface area contributed by atoms with Gasteiger partial charge >= 0.3 is 6.09 Å². The smallest absolute Gasteiger partial charge is 0.407 e. The van der Waals surface area contributed by atoms with E-state index in [9.17, 15) is 14.4 Å². The summed E-state index contributed by atoms with van der Waals surface area (Å²) >= 11 is 0. The van der Waals surface area contributed by atoms with Gasteiger partial charge in [0.05, 0.1) is 6.54 Å². The van der Waals surface area contributed by atoms with Gasteiger partial charge in [0, 0.05) is 18.7 Å². The van der Waals surface area contributed by atoms with Crippen molar-refractivity contribution in [3.8, 4) is 0 Å². The Morgan fingerprint density at radius 3 is 2.48 bits per heavy atom. The molecular weight excluding hydrogens is 296 g/mol. The van der Waals surface area contributed by atoms with Gasteiger partial charge in [-0.25, -0.2) is 4.79 Å². The van der Waals surface area contributed by atoms with Crippen LogP contribution in [0.15, 0.2) is 12.2 Å². The molecule has 1 unspecified atom stereocenters. The van der Waals surface area contributed by atoms with E-state index < -0.39 is 6.09 Å². The molecule has 0 aromatic rings. The highest BCUT2D eigenvalue weighted by atomic mass is 16.5. The molecule has 3 amide bonds. The molecule has 0 spiro atoms. The summed E-state index contributed by atoms with van der Waals surface area (Å²) in [5.41, 5.74) is 0.285. The molecule has 6 nitrogen and oxygen atoms in total. The fraction of sp³-hybridized carbons (Fsp3) is 0.647. The van der Waals surface area contributed by atoms with Gasteiger partial charge in [-0.05, 0) is 36.5 Å². The van der Waals surface area contributed by atoms with Crippen LogP contribution in [0.1, 0.15) is 40.0 Å². The van der Waals surface area contributed by atoms with Gasteiger partial charge in [-0.1, -0.05) is 20.8 Å². The summed E-state index contributed by atoms with van der Waals surface area (Å²) in [7, 11) is 0. The fourth-order valence-electron chi connectivity index (χ4n) is 3.46. The van der Waals surface area contributed by atoms with E-state index in [1.807, 2.05) is 0 Å². The van der Waals surface area contributed by atoms with Gasteiger partial charge in [-0.3, -0.25) is 14.5 Å². The monoisotopic (exact) mass is 321 g/mol. The predicted octanol–water partition coefficient (Wildman–Crippen LogP) is 2.06. The van der Waals surface area contributed by atoms with Crippen LogP contribution in [0.4, 0.5) is 4.79 Å². The number of imide groups is 1. The number of amides is 3. The minimum atomic E-state index is -0.512. The largest absolute Gasteiger partial charge is 0.448 e. The number of ether oxygens (including phenoxy) is 1. The molecule has 127 valence electrons. The van der Waals surface area contributed by atoms with Crippen LogP contribution in [-0.4, -0.2) is 42.5 Å². The van der Waals surface area contributed by atoms with Crippen LogP contribution < -0.4 is 5.32 Å². The summed E-state index contributed by atoms with van der Waals surface area (Å²) in [5, 5.41) is 2.79. The van der Waals surface area contributed by atoms with Gasteiger partial charge in [0.1, 0.15) is 6.61 Å². The Morgan fingerprint density at radius 2 is 1.87 bits per heavy atom. The van der Waals surface area contributed by atoms with E-state index in [-0.39, 0.29) is 35.8 Å². The van der Waals surface area contributed by atoms with Gasteiger partial charge < -0.3 is 10.1 Å². The third kappa shape index (κ3) is 4.81. The Balaban J connectivity index is 1.69. The van der Waals surface area contributed by atoms with Crippen molar-refractivity contribution in [2.24, 2.45) is 10.8 Å². The normalized spacial score (nSPS) is 26.5. The Hall–Kier alpha value is -1.85. The number of carbonyl (C=O) groups excluding carboxylic acids is 3. The zero-order chi connectivity index (χ0) is 17.1. The van der Waals surface area contributed by atoms with E-state index in [1.165, 1.54) is 12.2 Å². The number of hydrogen-bond donors (Lipinski definition) is 1. The van der Waals surface area contributed by atoms with E-state index >= 15 is 0 Å². The van der Waals surface area contributed by atoms with Gasteiger partial charge in [-0.15, -0.1) is 0 Å². The summed E-state index contributed by atoms with van der Waals surface area (Å²) in [5.74, 6) is -0.738. The standard InChI is InChI=1S/C17H25N2O4/c1-16(2)7-4-8-17(3,11-16)12-18-15(22)23-10-9-19-13(20)5-6-14(19)21/h4-6H,7-12H2,1-3H3,(H,18,22). The lowest BCUT2D eigenvalue weighted by atomic mass is 9.64. The molecule has 1 N–H and O–H groups in total. The van der Waals surface area contributed by atoms with Crippen molar-refractivity contribution >= 4 is 17.9 Å². The molecular formula is C17H25N2O4. The molecule has 0 aromatic carbocycles. The Labute approximate surface area is 137 Å². The van der Waals surface area contributed by atoms with Crippen LogP contribution >= 0.6 is 0 Å². The molecule has 1 saturated carbocycles. The van der Waals surface area contributed by atoms with Crippen molar-refractivity contribution in [1.29, 1.82) is 0 Å². The molecule has 6 heteroatoms. The second-order valence-corrected chi connectivity index (χ2v) is 7.50. The molecule has 0 saturated heterocycles. The molecule has 1 atom stereocenters. The highest BCUT2D eigenvalue weighted by molar-refractivity contribution is 6.12. The number of alkyl carbamates (subject to hydrolysis) is 1. The summed E-state index contributed by atoms with van der Waals surface area (Å²) in [6.45, 7) is 7.26. The van der Waals surface area contributed by atoms with Gasteiger partial charge in [0.15, 0.2) is 0 Å². The maximum Gasteiger partial charge on any atom is 0.407 e. The zero-order valence-corrected chi connectivity index (χ0v) is 14.1. The second kappa shape index (κ2) is 6.72. The number of carbonyl (C=O) groups is 3. The van der Waals surface area contributed by atoms with E-state index in [4.69, 9.17) is 4.74 Å². The first kappa shape index (κ1) is 17.5. The van der Waals surface area contributed by atoms with Crippen molar-refractivity contribution in [2.75, 3.05) is 19.7 Å². The maximum absolute atomic E-state index is 11.8. The summed E-state index contributed by atoms with van der Waals surface area (Å²) in [4.78, 5) is 35.5. The van der Waals surface area contributed by atoms with E-state index in [2.05, 4.69) is 32.5 Å². The van der Waals surface area contributed by atoms with Crippen molar-refractivity contribution in [1.82, 2.24) is 10.2 Å². The lowest BCUT2D eigenvalue weighted by Crippen LogP contribution is -2.42. The quantitative estimate of drug-likeness (QED) is 0.786. The minimum absolute atomic E-state index is 0.000669. The third-order valence-corrected chi connectivity index (χ3v) is 4.35. The number of rotatable bonds is 5. The molecule has 1 radical (unpaired) electrons. The molecule has 23 heavy (non-hydrogen) atoms. The van der Waals surface area contributed by atoms with E-state index in [0.29, 0.717) is 6.54 Å². The van der Waals surface area contributed by atoms with Crippen LogP contribution in [0.5, 0.6) is 0 Å². The van der Waals surface area contributed by atoms with Crippen LogP contribution in [0.3, 0.4) is 0 Å². The summed E-state index contributed by atoms with van der Waals surface area (Å²) in [6, 6.07) is 0. The molecule has 1 heterocycles. The molecule has 2 rings (SSSR count). The molecule has 1 aliphatic carbocycles. The average molecular weight is 321 g/mol. The lowest BCUT2D eigenvalue weighted by molar-refractivity contribution is -0.137. The summed E-state index contributed by atoms with van der Waals surface area (Å²) < 4.78 is 5.05.